The van der Waals surface area contributed by atoms with Crippen LogP contribution in [0.5, 0.6) is 0 Å². The molecular weight excluding hydrogens is 258 g/mol. The number of anilines is 1. The maximum absolute atomic E-state index is 12.2. The summed E-state index contributed by atoms with van der Waals surface area (Å²) in [6.45, 7) is 1.31. The molecule has 0 bridgehead atoms. The van der Waals surface area contributed by atoms with Crippen LogP contribution >= 0.6 is 0 Å². The minimum absolute atomic E-state index is 0.0746. The van der Waals surface area contributed by atoms with Crippen LogP contribution in [0.2, 0.25) is 0 Å². The fourth-order valence-electron chi connectivity index (χ4n) is 2.60. The Morgan fingerprint density at radius 2 is 2.10 bits per heavy atom. The van der Waals surface area contributed by atoms with E-state index in [4.69, 9.17) is 0 Å². The van der Waals surface area contributed by atoms with Crippen molar-refractivity contribution in [3.8, 4) is 0 Å². The summed E-state index contributed by atoms with van der Waals surface area (Å²) in [5, 5.41) is 6.69. The van der Waals surface area contributed by atoms with Crippen LogP contribution < -0.4 is 5.32 Å². The number of hydrogen-bond acceptors (Lipinski definition) is 4. The van der Waals surface area contributed by atoms with Crippen molar-refractivity contribution in [1.29, 1.82) is 0 Å². The molecule has 3 rings (SSSR count). The van der Waals surface area contributed by atoms with E-state index in [0.717, 1.165) is 32.2 Å². The van der Waals surface area contributed by atoms with Crippen LogP contribution in [0.1, 0.15) is 25.7 Å². The fraction of sp³-hybridized carbons (Fsp3) is 0.692. The first-order valence-corrected chi connectivity index (χ1v) is 7.09. The van der Waals surface area contributed by atoms with Crippen molar-refractivity contribution in [2.75, 3.05) is 18.4 Å². The summed E-state index contributed by atoms with van der Waals surface area (Å²) >= 11 is 0. The summed E-state index contributed by atoms with van der Waals surface area (Å²) < 4.78 is 1.52. The van der Waals surface area contributed by atoms with Crippen LogP contribution in [-0.4, -0.2) is 44.6 Å². The summed E-state index contributed by atoms with van der Waals surface area (Å²) in [5.74, 6) is 0.662. The minimum Gasteiger partial charge on any atom is -0.342 e. The Bertz CT molecular complexity index is 523. The predicted molar refractivity (Wildman–Crippen MR) is 71.7 cm³/mol. The van der Waals surface area contributed by atoms with Crippen molar-refractivity contribution in [2.24, 2.45) is 18.9 Å². The van der Waals surface area contributed by atoms with E-state index in [1.807, 2.05) is 4.90 Å². The Morgan fingerprint density at radius 3 is 2.75 bits per heavy atom. The van der Waals surface area contributed by atoms with Gasteiger partial charge < -0.3 is 4.90 Å². The molecule has 1 atom stereocenters. The van der Waals surface area contributed by atoms with Gasteiger partial charge in [-0.25, -0.2) is 4.68 Å². The van der Waals surface area contributed by atoms with Gasteiger partial charge in [0.25, 0.3) is 0 Å². The zero-order valence-electron chi connectivity index (χ0n) is 11.6. The number of hydrogen-bond donors (Lipinski definition) is 1. The third-order valence-corrected chi connectivity index (χ3v) is 3.98. The smallest absolute Gasteiger partial charge is 0.231 e. The van der Waals surface area contributed by atoms with Crippen LogP contribution in [0.15, 0.2) is 6.33 Å². The van der Waals surface area contributed by atoms with Gasteiger partial charge in [0.2, 0.25) is 17.8 Å². The molecule has 0 spiro atoms. The molecule has 1 aliphatic carbocycles. The lowest BCUT2D eigenvalue weighted by molar-refractivity contribution is -0.135. The Labute approximate surface area is 117 Å². The molecule has 0 radical (unpaired) electrons. The number of nitrogens with one attached hydrogen (secondary N) is 1. The molecule has 7 heteroatoms. The molecule has 1 aliphatic heterocycles. The topological polar surface area (TPSA) is 80.1 Å². The molecule has 0 aromatic carbocycles. The van der Waals surface area contributed by atoms with Gasteiger partial charge in [0, 0.05) is 26.1 Å². The first-order chi connectivity index (χ1) is 9.65. The summed E-state index contributed by atoms with van der Waals surface area (Å²) in [7, 11) is 1.73. The van der Waals surface area contributed by atoms with Gasteiger partial charge in [-0.2, -0.15) is 10.1 Å². The Balaban J connectivity index is 1.60. The lowest BCUT2D eigenvalue weighted by Crippen LogP contribution is -2.44. The quantitative estimate of drug-likeness (QED) is 0.867. The number of aryl methyl sites for hydroxylation is 1. The van der Waals surface area contributed by atoms with Gasteiger partial charge in [-0.3, -0.25) is 14.9 Å². The molecule has 1 aromatic rings. The standard InChI is InChI=1S/C13H19N5O2/c1-17-13(14-8-15-17)16-11(19)10-3-2-6-18(7-10)12(20)9-4-5-9/h8-10H,2-7H2,1H3,(H,14,15,16,19)/t10-/m0/s1. The molecule has 2 fully saturated rings. The van der Waals surface area contributed by atoms with Crippen LogP contribution in [0.25, 0.3) is 0 Å². The van der Waals surface area contributed by atoms with Crippen LogP contribution in [0, 0.1) is 11.8 Å². The van der Waals surface area contributed by atoms with Gasteiger partial charge >= 0.3 is 0 Å². The fourth-order valence-corrected chi connectivity index (χ4v) is 2.60. The van der Waals surface area contributed by atoms with Crippen molar-refractivity contribution in [3.05, 3.63) is 6.33 Å². The van der Waals surface area contributed by atoms with Gasteiger partial charge in [-0.05, 0) is 25.7 Å². The van der Waals surface area contributed by atoms with Crippen molar-refractivity contribution >= 4 is 17.8 Å². The zero-order chi connectivity index (χ0) is 14.1. The number of aromatic nitrogens is 3. The second kappa shape index (κ2) is 5.22. The van der Waals surface area contributed by atoms with E-state index in [2.05, 4.69) is 15.4 Å². The zero-order valence-corrected chi connectivity index (χ0v) is 11.6. The number of rotatable bonds is 3. The second-order valence-corrected chi connectivity index (χ2v) is 5.59. The molecule has 2 aliphatic rings. The molecule has 2 heterocycles. The minimum atomic E-state index is -0.150. The monoisotopic (exact) mass is 277 g/mol. The third-order valence-electron chi connectivity index (χ3n) is 3.98. The molecule has 7 nitrogen and oxygen atoms in total. The Morgan fingerprint density at radius 1 is 1.30 bits per heavy atom. The Hall–Kier alpha value is -1.92. The lowest BCUT2D eigenvalue weighted by atomic mass is 9.97. The Kier molecular flexibility index (Phi) is 3.42. The molecule has 1 N–H and O–H groups in total. The number of likely N-dealkylation sites (tertiary alicyclic amines) is 1. The van der Waals surface area contributed by atoms with Crippen LogP contribution in [-0.2, 0) is 16.6 Å². The molecule has 1 aromatic heterocycles. The van der Waals surface area contributed by atoms with E-state index in [-0.39, 0.29) is 23.7 Å². The SMILES string of the molecule is Cn1ncnc1NC(=O)[C@H]1CCCN(C(=O)C2CC2)C1. The molecular formula is C13H19N5O2. The first-order valence-electron chi connectivity index (χ1n) is 7.09. The highest BCUT2D eigenvalue weighted by Gasteiger charge is 2.36. The highest BCUT2D eigenvalue weighted by atomic mass is 16.2. The molecule has 1 saturated carbocycles. The van der Waals surface area contributed by atoms with Gasteiger partial charge in [0.05, 0.1) is 5.92 Å². The number of carbonyl (C=O) groups excluding carboxylic acids is 2. The maximum Gasteiger partial charge on any atom is 0.231 e. The summed E-state index contributed by atoms with van der Waals surface area (Å²) in [4.78, 5) is 30.1. The lowest BCUT2D eigenvalue weighted by Gasteiger charge is -2.32. The highest BCUT2D eigenvalue weighted by Crippen LogP contribution is 2.32. The van der Waals surface area contributed by atoms with Gasteiger partial charge in [0.1, 0.15) is 6.33 Å². The normalized spacial score (nSPS) is 22.6. The largest absolute Gasteiger partial charge is 0.342 e. The van der Waals surface area contributed by atoms with E-state index in [1.54, 1.807) is 7.05 Å². The van der Waals surface area contributed by atoms with Gasteiger partial charge in [-0.15, -0.1) is 0 Å². The van der Waals surface area contributed by atoms with Gasteiger partial charge in [0.15, 0.2) is 0 Å². The first kappa shape index (κ1) is 13.1. The summed E-state index contributed by atoms with van der Waals surface area (Å²) in [6.07, 6.45) is 5.11. The average molecular weight is 277 g/mol. The van der Waals surface area contributed by atoms with Crippen LogP contribution in [0.3, 0.4) is 0 Å². The molecule has 0 unspecified atom stereocenters. The van der Waals surface area contributed by atoms with E-state index in [9.17, 15) is 9.59 Å². The average Bonchev–Trinajstić information content (AvgIpc) is 3.23. The molecule has 2 amide bonds. The van der Waals surface area contributed by atoms with Gasteiger partial charge in [-0.1, -0.05) is 0 Å². The molecule has 1 saturated heterocycles. The maximum atomic E-state index is 12.2. The summed E-state index contributed by atoms with van der Waals surface area (Å²) in [5.41, 5.74) is 0. The van der Waals surface area contributed by atoms with E-state index in [1.165, 1.54) is 11.0 Å². The molecule has 108 valence electrons. The van der Waals surface area contributed by atoms with Crippen LogP contribution in [0.4, 0.5) is 5.95 Å². The number of nitrogens with zero attached hydrogens (tertiary/aromatic N) is 4. The van der Waals surface area contributed by atoms with Crippen molar-refractivity contribution in [3.63, 3.8) is 0 Å². The highest BCUT2D eigenvalue weighted by molar-refractivity contribution is 5.91. The number of carbonyl (C=O) groups is 2. The van der Waals surface area contributed by atoms with Crippen molar-refractivity contribution in [2.45, 2.75) is 25.7 Å². The third kappa shape index (κ3) is 2.66. The van der Waals surface area contributed by atoms with E-state index < -0.39 is 0 Å². The number of amides is 2. The predicted octanol–water partition coefficient (Wildman–Crippen LogP) is 0.402. The second-order valence-electron chi connectivity index (χ2n) is 5.59. The van der Waals surface area contributed by atoms with E-state index in [0.29, 0.717) is 12.5 Å². The summed E-state index contributed by atoms with van der Waals surface area (Å²) in [6, 6.07) is 0. The van der Waals surface area contributed by atoms with Crippen molar-refractivity contribution < 1.29 is 9.59 Å². The number of piperidine rings is 1. The molecule has 20 heavy (non-hydrogen) atoms. The van der Waals surface area contributed by atoms with E-state index >= 15 is 0 Å². The van der Waals surface area contributed by atoms with Crippen molar-refractivity contribution in [1.82, 2.24) is 19.7 Å².